The lowest BCUT2D eigenvalue weighted by atomic mass is 10.0. The molecule has 1 aromatic rings. The SMILES string of the molecule is Clc1cc(Cl)c(NCC2CCCCN2)c2c1N=S=N2. The molecule has 1 aromatic carbocycles. The van der Waals surface area contributed by atoms with E-state index in [4.69, 9.17) is 23.2 Å². The second-order valence-electron chi connectivity index (χ2n) is 4.70. The summed E-state index contributed by atoms with van der Waals surface area (Å²) in [5.41, 5.74) is 2.32. The summed E-state index contributed by atoms with van der Waals surface area (Å²) >= 11 is 13.5. The summed E-state index contributed by atoms with van der Waals surface area (Å²) in [6.45, 7) is 1.93. The van der Waals surface area contributed by atoms with Crippen LogP contribution in [0, 0.1) is 0 Å². The van der Waals surface area contributed by atoms with Gasteiger partial charge in [0.2, 0.25) is 0 Å². The molecule has 1 saturated heterocycles. The molecular weight excluding hydrogens is 303 g/mol. The number of benzene rings is 1. The Balaban J connectivity index is 1.78. The van der Waals surface area contributed by atoms with Crippen molar-refractivity contribution < 1.29 is 0 Å². The Morgan fingerprint density at radius 1 is 1.26 bits per heavy atom. The number of rotatable bonds is 3. The maximum absolute atomic E-state index is 6.25. The number of hydrogen-bond acceptors (Lipinski definition) is 4. The molecule has 4 nitrogen and oxygen atoms in total. The largest absolute Gasteiger partial charge is 0.380 e. The van der Waals surface area contributed by atoms with Crippen LogP contribution < -0.4 is 10.6 Å². The van der Waals surface area contributed by atoms with Crippen LogP contribution in [0.4, 0.5) is 17.1 Å². The first kappa shape index (κ1) is 13.4. The molecule has 0 radical (unpaired) electrons. The van der Waals surface area contributed by atoms with E-state index in [1.165, 1.54) is 19.3 Å². The Bertz CT molecular complexity index is 563. The lowest BCUT2D eigenvalue weighted by Crippen LogP contribution is -2.39. The van der Waals surface area contributed by atoms with Crippen LogP contribution >= 0.6 is 23.2 Å². The maximum Gasteiger partial charge on any atom is 0.130 e. The van der Waals surface area contributed by atoms with E-state index in [-0.39, 0.29) is 0 Å². The Kier molecular flexibility index (Phi) is 4.07. The summed E-state index contributed by atoms with van der Waals surface area (Å²) in [5.74, 6) is 0. The van der Waals surface area contributed by atoms with Crippen LogP contribution in [-0.2, 0) is 11.4 Å². The van der Waals surface area contributed by atoms with Gasteiger partial charge < -0.3 is 10.6 Å². The molecule has 0 aliphatic carbocycles. The van der Waals surface area contributed by atoms with E-state index >= 15 is 0 Å². The minimum atomic E-state index is 0.488. The van der Waals surface area contributed by atoms with Gasteiger partial charge in [0.15, 0.2) is 0 Å². The van der Waals surface area contributed by atoms with Gasteiger partial charge in [-0.05, 0) is 25.5 Å². The molecule has 0 saturated carbocycles. The van der Waals surface area contributed by atoms with Crippen molar-refractivity contribution in [1.29, 1.82) is 0 Å². The molecule has 2 aliphatic heterocycles. The Hall–Kier alpha value is -0.620. The normalized spacial score (nSPS) is 21.1. The molecule has 0 bridgehead atoms. The molecular formula is C12H14Cl2N4S. The highest BCUT2D eigenvalue weighted by atomic mass is 35.5. The molecule has 19 heavy (non-hydrogen) atoms. The van der Waals surface area contributed by atoms with Gasteiger partial charge in [-0.25, -0.2) is 0 Å². The van der Waals surface area contributed by atoms with E-state index in [9.17, 15) is 0 Å². The molecule has 1 fully saturated rings. The van der Waals surface area contributed by atoms with Crippen molar-refractivity contribution >= 4 is 51.6 Å². The number of fused-ring (bicyclic) bond motifs is 1. The molecule has 0 amide bonds. The summed E-state index contributed by atoms with van der Waals surface area (Å²) < 4.78 is 8.48. The first-order chi connectivity index (χ1) is 9.25. The van der Waals surface area contributed by atoms with E-state index in [0.717, 1.165) is 41.5 Å². The van der Waals surface area contributed by atoms with Crippen LogP contribution in [0.3, 0.4) is 0 Å². The van der Waals surface area contributed by atoms with E-state index in [2.05, 4.69) is 19.4 Å². The summed E-state index contributed by atoms with van der Waals surface area (Å²) in [4.78, 5) is 0. The van der Waals surface area contributed by atoms with Gasteiger partial charge in [0.1, 0.15) is 11.4 Å². The van der Waals surface area contributed by atoms with Crippen molar-refractivity contribution in [3.63, 3.8) is 0 Å². The van der Waals surface area contributed by atoms with E-state index in [1.54, 1.807) is 6.07 Å². The molecule has 3 rings (SSSR count). The van der Waals surface area contributed by atoms with E-state index in [1.807, 2.05) is 0 Å². The summed E-state index contributed by atoms with van der Waals surface area (Å²) in [6, 6.07) is 2.21. The average Bonchev–Trinajstić information content (AvgIpc) is 2.89. The van der Waals surface area contributed by atoms with Crippen molar-refractivity contribution in [1.82, 2.24) is 5.32 Å². The highest BCUT2D eigenvalue weighted by Crippen LogP contribution is 2.47. The highest BCUT2D eigenvalue weighted by Gasteiger charge is 2.20. The Morgan fingerprint density at radius 3 is 2.89 bits per heavy atom. The second-order valence-corrected chi connectivity index (χ2v) is 6.05. The summed E-state index contributed by atoms with van der Waals surface area (Å²) in [6.07, 6.45) is 3.73. The molecule has 2 heterocycles. The fraction of sp³-hybridized carbons (Fsp3) is 0.500. The zero-order valence-electron chi connectivity index (χ0n) is 10.2. The van der Waals surface area contributed by atoms with Crippen LogP contribution in [0.5, 0.6) is 0 Å². The zero-order valence-corrected chi connectivity index (χ0v) is 12.6. The van der Waals surface area contributed by atoms with Crippen molar-refractivity contribution in [3.05, 3.63) is 16.1 Å². The van der Waals surface area contributed by atoms with Gasteiger partial charge >= 0.3 is 0 Å². The van der Waals surface area contributed by atoms with Crippen molar-refractivity contribution in [2.45, 2.75) is 25.3 Å². The number of nitrogens with zero attached hydrogens (tertiary/aromatic N) is 2. The van der Waals surface area contributed by atoms with Gasteiger partial charge in [-0.15, -0.1) is 0 Å². The number of piperidine rings is 1. The third-order valence-electron chi connectivity index (χ3n) is 3.38. The number of hydrogen-bond donors (Lipinski definition) is 2. The van der Waals surface area contributed by atoms with Gasteiger partial charge in [0.05, 0.1) is 27.1 Å². The monoisotopic (exact) mass is 316 g/mol. The number of anilines is 1. The van der Waals surface area contributed by atoms with Crippen LogP contribution in [-0.4, -0.2) is 19.1 Å². The quantitative estimate of drug-likeness (QED) is 0.888. The zero-order chi connectivity index (χ0) is 13.2. The van der Waals surface area contributed by atoms with Crippen LogP contribution in [0.1, 0.15) is 19.3 Å². The lowest BCUT2D eigenvalue weighted by molar-refractivity contribution is 0.414. The molecule has 2 N–H and O–H groups in total. The average molecular weight is 317 g/mol. The Morgan fingerprint density at radius 2 is 2.11 bits per heavy atom. The third-order valence-corrected chi connectivity index (χ3v) is 4.50. The second kappa shape index (κ2) is 5.79. The fourth-order valence-electron chi connectivity index (χ4n) is 2.37. The number of nitrogens with one attached hydrogen (secondary N) is 2. The molecule has 0 aromatic heterocycles. The maximum atomic E-state index is 6.25. The third kappa shape index (κ3) is 2.79. The predicted molar refractivity (Wildman–Crippen MR) is 82.1 cm³/mol. The van der Waals surface area contributed by atoms with Gasteiger partial charge in [0.25, 0.3) is 0 Å². The lowest BCUT2D eigenvalue weighted by Gasteiger charge is -2.24. The first-order valence-electron chi connectivity index (χ1n) is 6.33. The molecule has 2 aliphatic rings. The van der Waals surface area contributed by atoms with Crippen molar-refractivity contribution in [3.8, 4) is 0 Å². The minimum Gasteiger partial charge on any atom is -0.380 e. The van der Waals surface area contributed by atoms with Gasteiger partial charge in [-0.3, -0.25) is 0 Å². The van der Waals surface area contributed by atoms with Crippen LogP contribution in [0.25, 0.3) is 0 Å². The number of halogens is 2. The smallest absolute Gasteiger partial charge is 0.130 e. The summed E-state index contributed by atoms with van der Waals surface area (Å²) in [5, 5.41) is 8.04. The standard InChI is InChI=1S/C12H14Cl2N4S/c13-8-5-9(14)11-12(18-19-17-11)10(8)16-6-7-3-1-2-4-15-7/h5,7,15-16H,1-4,6H2. The molecule has 1 unspecified atom stereocenters. The van der Waals surface area contributed by atoms with E-state index in [0.29, 0.717) is 16.1 Å². The molecule has 0 spiro atoms. The molecule has 7 heteroatoms. The van der Waals surface area contributed by atoms with Gasteiger partial charge in [-0.2, -0.15) is 8.73 Å². The topological polar surface area (TPSA) is 48.8 Å². The fourth-order valence-corrected chi connectivity index (χ4v) is 3.54. The Labute approximate surface area is 125 Å². The minimum absolute atomic E-state index is 0.488. The van der Waals surface area contributed by atoms with Crippen LogP contribution in [0.15, 0.2) is 14.8 Å². The molecule has 1 atom stereocenters. The van der Waals surface area contributed by atoms with E-state index < -0.39 is 0 Å². The van der Waals surface area contributed by atoms with Gasteiger partial charge in [0, 0.05) is 12.6 Å². The van der Waals surface area contributed by atoms with Crippen molar-refractivity contribution in [2.75, 3.05) is 18.4 Å². The molecule has 102 valence electrons. The predicted octanol–water partition coefficient (Wildman–Crippen LogP) is 4.27. The van der Waals surface area contributed by atoms with Gasteiger partial charge in [-0.1, -0.05) is 29.6 Å². The highest BCUT2D eigenvalue weighted by molar-refractivity contribution is 7.58. The summed E-state index contributed by atoms with van der Waals surface area (Å²) in [7, 11) is 0. The van der Waals surface area contributed by atoms with Crippen LogP contribution in [0.2, 0.25) is 10.0 Å². The first-order valence-corrected chi connectivity index (χ1v) is 7.82. The van der Waals surface area contributed by atoms with Crippen molar-refractivity contribution in [2.24, 2.45) is 8.73 Å².